The molecular weight excluding hydrogens is 308 g/mol. The second-order valence-corrected chi connectivity index (χ2v) is 8.98. The minimum atomic E-state index is 0.0256. The molecule has 0 saturated heterocycles. The molecule has 0 bridgehead atoms. The lowest BCUT2D eigenvalue weighted by Crippen LogP contribution is -2.11. The summed E-state index contributed by atoms with van der Waals surface area (Å²) in [4.78, 5) is 0. The zero-order valence-electron chi connectivity index (χ0n) is 17.3. The van der Waals surface area contributed by atoms with Crippen LogP contribution in [-0.2, 0) is 10.8 Å². The van der Waals surface area contributed by atoms with E-state index in [-0.39, 0.29) is 10.8 Å². The molecule has 0 aliphatic carbocycles. The predicted molar refractivity (Wildman–Crippen MR) is 108 cm³/mol. The molecule has 2 nitrogen and oxygen atoms in total. The first-order chi connectivity index (χ1) is 11.2. The Morgan fingerprint density at radius 3 is 1.52 bits per heavy atom. The van der Waals surface area contributed by atoms with Gasteiger partial charge in [0.1, 0.15) is 11.5 Å². The molecule has 0 heterocycles. The van der Waals surface area contributed by atoms with E-state index in [1.54, 1.807) is 6.07 Å². The van der Waals surface area contributed by atoms with Crippen LogP contribution in [0.4, 0.5) is 0 Å². The number of aryl methyl sites for hydroxylation is 3. The highest BCUT2D eigenvalue weighted by atomic mass is 16.3. The van der Waals surface area contributed by atoms with Gasteiger partial charge in [0.05, 0.1) is 0 Å². The Morgan fingerprint density at radius 2 is 1.16 bits per heavy atom. The van der Waals surface area contributed by atoms with Crippen LogP contribution in [0.15, 0.2) is 30.3 Å². The van der Waals surface area contributed by atoms with Gasteiger partial charge in [0, 0.05) is 0 Å². The normalized spacial score (nSPS) is 11.7. The van der Waals surface area contributed by atoms with Gasteiger partial charge in [-0.1, -0.05) is 65.8 Å². The molecule has 0 atom stereocenters. The van der Waals surface area contributed by atoms with Crippen LogP contribution in [0.2, 0.25) is 0 Å². The summed E-state index contributed by atoms with van der Waals surface area (Å²) in [6.07, 6.45) is 0. The van der Waals surface area contributed by atoms with Gasteiger partial charge in [0.2, 0.25) is 0 Å². The highest BCUT2D eigenvalue weighted by Crippen LogP contribution is 2.31. The van der Waals surface area contributed by atoms with Gasteiger partial charge in [-0.3, -0.25) is 0 Å². The fourth-order valence-electron chi connectivity index (χ4n) is 2.66. The summed E-state index contributed by atoms with van der Waals surface area (Å²) >= 11 is 0. The van der Waals surface area contributed by atoms with E-state index in [1.807, 2.05) is 32.9 Å². The van der Waals surface area contributed by atoms with Gasteiger partial charge in [-0.25, -0.2) is 0 Å². The van der Waals surface area contributed by atoms with Crippen molar-refractivity contribution in [3.8, 4) is 11.5 Å². The topological polar surface area (TPSA) is 40.5 Å². The number of aromatic hydroxyl groups is 2. The Kier molecular flexibility index (Phi) is 6.33. The lowest BCUT2D eigenvalue weighted by atomic mass is 9.85. The molecule has 0 aliphatic rings. The van der Waals surface area contributed by atoms with E-state index in [0.717, 1.165) is 22.3 Å². The Morgan fingerprint density at radius 1 is 0.680 bits per heavy atom. The number of benzene rings is 2. The maximum Gasteiger partial charge on any atom is 0.121 e. The molecule has 2 aromatic rings. The van der Waals surface area contributed by atoms with Crippen molar-refractivity contribution in [2.24, 2.45) is 0 Å². The first-order valence-corrected chi connectivity index (χ1v) is 8.84. The van der Waals surface area contributed by atoms with Crippen LogP contribution < -0.4 is 0 Å². The maximum atomic E-state index is 9.63. The summed E-state index contributed by atoms with van der Waals surface area (Å²) in [5, 5.41) is 19.2. The van der Waals surface area contributed by atoms with E-state index < -0.39 is 0 Å². The van der Waals surface area contributed by atoms with Crippen molar-refractivity contribution < 1.29 is 10.2 Å². The van der Waals surface area contributed by atoms with E-state index in [4.69, 9.17) is 0 Å². The second kappa shape index (κ2) is 7.51. The molecule has 0 spiro atoms. The van der Waals surface area contributed by atoms with Crippen LogP contribution >= 0.6 is 0 Å². The van der Waals surface area contributed by atoms with Crippen LogP contribution in [0.25, 0.3) is 0 Å². The molecule has 2 N–H and O–H groups in total. The first-order valence-electron chi connectivity index (χ1n) is 8.84. The standard InChI is InChI=1S/C12H18O.C11H16O/c1-8-6-10(12(3,4)5)7-9(2)11(8)13;1-8-5-6-9(10(12)7-8)11(2,3)4/h6-7,13H,1-5H3;5-7,12H,1-4H3. The van der Waals surface area contributed by atoms with Crippen molar-refractivity contribution in [3.05, 3.63) is 58.1 Å². The average molecular weight is 343 g/mol. The van der Waals surface area contributed by atoms with Crippen molar-refractivity contribution in [1.82, 2.24) is 0 Å². The molecule has 0 aliphatic heterocycles. The molecule has 138 valence electrons. The van der Waals surface area contributed by atoms with Crippen LogP contribution in [0.3, 0.4) is 0 Å². The van der Waals surface area contributed by atoms with Gasteiger partial charge in [-0.05, 0) is 65.5 Å². The molecule has 2 aromatic carbocycles. The largest absolute Gasteiger partial charge is 0.508 e. The van der Waals surface area contributed by atoms with E-state index in [1.165, 1.54) is 5.56 Å². The molecule has 0 unspecified atom stereocenters. The van der Waals surface area contributed by atoms with Crippen LogP contribution in [0, 0.1) is 20.8 Å². The van der Waals surface area contributed by atoms with Gasteiger partial charge in [-0.2, -0.15) is 0 Å². The Hall–Kier alpha value is -1.96. The highest BCUT2D eigenvalue weighted by molar-refractivity contribution is 5.44. The lowest BCUT2D eigenvalue weighted by Gasteiger charge is -2.20. The van der Waals surface area contributed by atoms with Crippen molar-refractivity contribution in [3.63, 3.8) is 0 Å². The van der Waals surface area contributed by atoms with Crippen molar-refractivity contribution in [2.45, 2.75) is 73.1 Å². The quantitative estimate of drug-likeness (QED) is 0.589. The van der Waals surface area contributed by atoms with Gasteiger partial charge >= 0.3 is 0 Å². The molecule has 2 heteroatoms. The SMILES string of the molecule is Cc1cc(C(C)(C)C)cc(C)c1O.Cc1ccc(C(C)(C)C)c(O)c1. The van der Waals surface area contributed by atoms with Gasteiger partial charge in [-0.15, -0.1) is 0 Å². The fraction of sp³-hybridized carbons (Fsp3) is 0.478. The van der Waals surface area contributed by atoms with E-state index >= 15 is 0 Å². The second-order valence-electron chi connectivity index (χ2n) is 8.98. The first kappa shape index (κ1) is 21.1. The number of phenols is 2. The molecule has 0 aromatic heterocycles. The van der Waals surface area contributed by atoms with Crippen LogP contribution in [0.1, 0.15) is 69.4 Å². The predicted octanol–water partition coefficient (Wildman–Crippen LogP) is 6.30. The number of phenolic OH excluding ortho intramolecular Hbond substituents is 2. The third-order valence-corrected chi connectivity index (χ3v) is 4.32. The lowest BCUT2D eigenvalue weighted by molar-refractivity contribution is 0.446. The minimum Gasteiger partial charge on any atom is -0.508 e. The third kappa shape index (κ3) is 5.81. The Labute approximate surface area is 153 Å². The van der Waals surface area contributed by atoms with Gasteiger partial charge in [0.25, 0.3) is 0 Å². The summed E-state index contributed by atoms with van der Waals surface area (Å²) < 4.78 is 0. The number of rotatable bonds is 0. The summed E-state index contributed by atoms with van der Waals surface area (Å²) in [5.41, 5.74) is 5.49. The van der Waals surface area contributed by atoms with E-state index in [9.17, 15) is 10.2 Å². The maximum absolute atomic E-state index is 9.63. The molecule has 2 rings (SSSR count). The Balaban J connectivity index is 0.000000251. The average Bonchev–Trinajstić information content (AvgIpc) is 2.42. The van der Waals surface area contributed by atoms with Crippen LogP contribution in [0.5, 0.6) is 11.5 Å². The summed E-state index contributed by atoms with van der Waals surface area (Å²) in [5.74, 6) is 0.829. The molecule has 0 saturated carbocycles. The van der Waals surface area contributed by atoms with Crippen molar-refractivity contribution >= 4 is 0 Å². The smallest absolute Gasteiger partial charge is 0.121 e. The zero-order chi connectivity index (χ0) is 19.6. The zero-order valence-corrected chi connectivity index (χ0v) is 17.3. The van der Waals surface area contributed by atoms with E-state index in [2.05, 4.69) is 53.7 Å². The van der Waals surface area contributed by atoms with Crippen molar-refractivity contribution in [2.75, 3.05) is 0 Å². The minimum absolute atomic E-state index is 0.0256. The molecule has 25 heavy (non-hydrogen) atoms. The fourth-order valence-corrected chi connectivity index (χ4v) is 2.66. The van der Waals surface area contributed by atoms with E-state index in [0.29, 0.717) is 11.5 Å². The Bertz CT molecular complexity index is 706. The summed E-state index contributed by atoms with van der Waals surface area (Å²) in [7, 11) is 0. The van der Waals surface area contributed by atoms with Gasteiger partial charge < -0.3 is 10.2 Å². The molecule has 0 amide bonds. The molecule has 0 radical (unpaired) electrons. The van der Waals surface area contributed by atoms with Gasteiger partial charge in [0.15, 0.2) is 0 Å². The molecular formula is C23H34O2. The number of hydrogen-bond donors (Lipinski definition) is 2. The summed E-state index contributed by atoms with van der Waals surface area (Å²) in [6.45, 7) is 18.7. The third-order valence-electron chi connectivity index (χ3n) is 4.32. The monoisotopic (exact) mass is 342 g/mol. The van der Waals surface area contributed by atoms with Crippen LogP contribution in [-0.4, -0.2) is 10.2 Å². The summed E-state index contributed by atoms with van der Waals surface area (Å²) in [6, 6.07) is 9.94. The number of hydrogen-bond acceptors (Lipinski definition) is 2. The van der Waals surface area contributed by atoms with Crippen molar-refractivity contribution in [1.29, 1.82) is 0 Å². The molecule has 0 fully saturated rings. The highest BCUT2D eigenvalue weighted by Gasteiger charge is 2.17.